The first kappa shape index (κ1) is 35.0. The van der Waals surface area contributed by atoms with Crippen molar-refractivity contribution < 1.29 is 22.7 Å². The Kier molecular flexibility index (Phi) is 12.1. The van der Waals surface area contributed by atoms with Crippen molar-refractivity contribution in [1.29, 1.82) is 0 Å². The quantitative estimate of drug-likeness (QED) is 0.158. The minimum Gasteiger partial charge on any atom is -0.489 e. The van der Waals surface area contributed by atoms with Crippen LogP contribution in [0.3, 0.4) is 0 Å². The number of sulfonamides is 1. The summed E-state index contributed by atoms with van der Waals surface area (Å²) in [6, 6.07) is 32.1. The molecule has 1 saturated carbocycles. The molecule has 1 fully saturated rings. The first-order valence-electron chi connectivity index (χ1n) is 16.3. The van der Waals surface area contributed by atoms with Crippen LogP contribution in [0.5, 0.6) is 5.75 Å². The average molecular weight is 688 g/mol. The van der Waals surface area contributed by atoms with Crippen molar-refractivity contribution in [3.8, 4) is 5.75 Å². The first-order valence-corrected chi connectivity index (χ1v) is 18.5. The summed E-state index contributed by atoms with van der Waals surface area (Å²) in [6.07, 6.45) is 6.35. The van der Waals surface area contributed by atoms with Crippen molar-refractivity contribution >= 4 is 39.1 Å². The van der Waals surface area contributed by atoms with Crippen molar-refractivity contribution in [2.45, 2.75) is 63.8 Å². The predicted octanol–water partition coefficient (Wildman–Crippen LogP) is 6.77. The van der Waals surface area contributed by atoms with E-state index in [1.165, 1.54) is 4.90 Å². The van der Waals surface area contributed by atoms with Gasteiger partial charge in [-0.15, -0.1) is 0 Å². The Hall–Kier alpha value is -4.34. The summed E-state index contributed by atoms with van der Waals surface area (Å²) in [5, 5.41) is 3.76. The fourth-order valence-corrected chi connectivity index (χ4v) is 6.92. The van der Waals surface area contributed by atoms with E-state index in [1.807, 2.05) is 72.8 Å². The van der Waals surface area contributed by atoms with Crippen LogP contribution >= 0.6 is 11.6 Å². The molecular formula is C38H42ClN3O5S. The molecule has 0 spiro atoms. The summed E-state index contributed by atoms with van der Waals surface area (Å²) >= 11 is 6.16. The summed E-state index contributed by atoms with van der Waals surface area (Å²) in [6.45, 7) is -0.0338. The summed E-state index contributed by atoms with van der Waals surface area (Å²) in [4.78, 5) is 30.0. The Morgan fingerprint density at radius 3 is 2.02 bits per heavy atom. The van der Waals surface area contributed by atoms with Gasteiger partial charge in [-0.25, -0.2) is 8.42 Å². The molecule has 0 heterocycles. The lowest BCUT2D eigenvalue weighted by atomic mass is 9.94. The minimum atomic E-state index is -3.89. The van der Waals surface area contributed by atoms with E-state index < -0.39 is 28.5 Å². The van der Waals surface area contributed by atoms with E-state index in [9.17, 15) is 18.0 Å². The number of carbonyl (C=O) groups excluding carboxylic acids is 2. The van der Waals surface area contributed by atoms with Gasteiger partial charge < -0.3 is 15.0 Å². The highest BCUT2D eigenvalue weighted by atomic mass is 35.5. The van der Waals surface area contributed by atoms with E-state index in [0.29, 0.717) is 23.1 Å². The molecule has 48 heavy (non-hydrogen) atoms. The lowest BCUT2D eigenvalue weighted by Gasteiger charge is -2.35. The molecule has 0 bridgehead atoms. The van der Waals surface area contributed by atoms with Gasteiger partial charge in [-0.05, 0) is 65.9 Å². The van der Waals surface area contributed by atoms with Gasteiger partial charge in [-0.1, -0.05) is 104 Å². The summed E-state index contributed by atoms with van der Waals surface area (Å²) < 4.78 is 33.3. The van der Waals surface area contributed by atoms with Crippen molar-refractivity contribution in [3.63, 3.8) is 0 Å². The standard InChI is InChI=1S/C38H42ClN3O5S/c1-48(45,46)42(34-21-23-35(24-22-34)47-28-31-13-7-3-8-14-31)27-37(43)41(26-30-17-19-32(39)20-18-30)36(25-29-11-5-2-6-12-29)38(44)40-33-15-9-4-10-16-33/h2-3,5-8,11-14,17-24,33,36H,4,9-10,15-16,25-28H2,1H3,(H,40,44)/t36-/m1/s1. The Balaban J connectivity index is 1.43. The summed E-state index contributed by atoms with van der Waals surface area (Å²) in [5.74, 6) is -0.188. The molecule has 1 atom stereocenters. The smallest absolute Gasteiger partial charge is 0.244 e. The number of nitrogens with one attached hydrogen (secondary N) is 1. The van der Waals surface area contributed by atoms with Crippen LogP contribution in [0.1, 0.15) is 48.8 Å². The van der Waals surface area contributed by atoms with Gasteiger partial charge in [-0.3, -0.25) is 13.9 Å². The average Bonchev–Trinajstić information content (AvgIpc) is 3.09. The van der Waals surface area contributed by atoms with E-state index in [0.717, 1.165) is 59.4 Å². The number of amides is 2. The topological polar surface area (TPSA) is 96.0 Å². The zero-order chi connectivity index (χ0) is 33.9. The Morgan fingerprint density at radius 1 is 0.812 bits per heavy atom. The second kappa shape index (κ2) is 16.7. The molecule has 4 aromatic carbocycles. The van der Waals surface area contributed by atoms with Crippen LogP contribution in [0, 0.1) is 0 Å². The third-order valence-electron chi connectivity index (χ3n) is 8.54. The maximum Gasteiger partial charge on any atom is 0.244 e. The maximum absolute atomic E-state index is 14.4. The van der Waals surface area contributed by atoms with Gasteiger partial charge in [0.15, 0.2) is 0 Å². The van der Waals surface area contributed by atoms with Gasteiger partial charge in [0.2, 0.25) is 21.8 Å². The second-order valence-electron chi connectivity index (χ2n) is 12.2. The number of halogens is 1. The number of hydrogen-bond donors (Lipinski definition) is 1. The third kappa shape index (κ3) is 10.1. The zero-order valence-electron chi connectivity index (χ0n) is 27.1. The lowest BCUT2D eigenvalue weighted by Crippen LogP contribution is -2.55. The molecule has 0 unspecified atom stereocenters. The fourth-order valence-electron chi connectivity index (χ4n) is 5.95. The largest absolute Gasteiger partial charge is 0.489 e. The molecule has 1 aliphatic rings. The molecule has 0 aliphatic heterocycles. The highest BCUT2D eigenvalue weighted by molar-refractivity contribution is 7.92. The van der Waals surface area contributed by atoms with E-state index in [-0.39, 0.29) is 24.9 Å². The summed E-state index contributed by atoms with van der Waals surface area (Å²) in [5.41, 5.74) is 2.97. The molecule has 0 radical (unpaired) electrons. The van der Waals surface area contributed by atoms with E-state index in [4.69, 9.17) is 16.3 Å². The van der Waals surface area contributed by atoms with E-state index >= 15 is 0 Å². The van der Waals surface area contributed by atoms with Crippen LogP contribution < -0.4 is 14.4 Å². The van der Waals surface area contributed by atoms with Crippen molar-refractivity contribution in [1.82, 2.24) is 10.2 Å². The number of rotatable bonds is 14. The van der Waals surface area contributed by atoms with Gasteiger partial charge in [0.05, 0.1) is 11.9 Å². The van der Waals surface area contributed by atoms with Crippen LogP contribution in [0.4, 0.5) is 5.69 Å². The van der Waals surface area contributed by atoms with Crippen molar-refractivity contribution in [2.75, 3.05) is 17.1 Å². The van der Waals surface area contributed by atoms with Crippen LogP contribution in [-0.2, 0) is 39.2 Å². The van der Waals surface area contributed by atoms with Gasteiger partial charge in [-0.2, -0.15) is 0 Å². The van der Waals surface area contributed by atoms with Crippen molar-refractivity contribution in [2.24, 2.45) is 0 Å². The normalized spacial score (nSPS) is 14.1. The predicted molar refractivity (Wildman–Crippen MR) is 190 cm³/mol. The number of carbonyl (C=O) groups is 2. The summed E-state index contributed by atoms with van der Waals surface area (Å²) in [7, 11) is -3.89. The first-order chi connectivity index (χ1) is 23.2. The second-order valence-corrected chi connectivity index (χ2v) is 14.6. The Labute approximate surface area is 288 Å². The van der Waals surface area contributed by atoms with Crippen LogP contribution in [0.15, 0.2) is 109 Å². The van der Waals surface area contributed by atoms with E-state index in [1.54, 1.807) is 36.4 Å². The van der Waals surface area contributed by atoms with Crippen LogP contribution in [-0.4, -0.2) is 50.0 Å². The van der Waals surface area contributed by atoms with Gasteiger partial charge >= 0.3 is 0 Å². The molecule has 1 N–H and O–H groups in total. The SMILES string of the molecule is CS(=O)(=O)N(CC(=O)N(Cc1ccc(Cl)cc1)[C@H](Cc1ccccc1)C(=O)NC1CCCCC1)c1ccc(OCc2ccccc2)cc1. The maximum atomic E-state index is 14.4. The fraction of sp³-hybridized carbons (Fsp3) is 0.316. The Morgan fingerprint density at radius 2 is 1.42 bits per heavy atom. The van der Waals surface area contributed by atoms with Crippen molar-refractivity contribution in [3.05, 3.63) is 131 Å². The molecule has 2 amide bonds. The van der Waals surface area contributed by atoms with E-state index in [2.05, 4.69) is 5.32 Å². The van der Waals surface area contributed by atoms with Gasteiger partial charge in [0.1, 0.15) is 24.9 Å². The molecule has 0 aromatic heterocycles. The Bertz CT molecular complexity index is 1730. The van der Waals surface area contributed by atoms with Crippen LogP contribution in [0.2, 0.25) is 5.02 Å². The van der Waals surface area contributed by atoms with Gasteiger partial charge in [0, 0.05) is 24.0 Å². The minimum absolute atomic E-state index is 0.0344. The molecule has 0 saturated heterocycles. The van der Waals surface area contributed by atoms with Gasteiger partial charge in [0.25, 0.3) is 0 Å². The molecule has 4 aromatic rings. The molecule has 5 rings (SSSR count). The number of nitrogens with zero attached hydrogens (tertiary/aromatic N) is 2. The number of anilines is 1. The molecule has 1 aliphatic carbocycles. The highest BCUT2D eigenvalue weighted by Gasteiger charge is 2.34. The zero-order valence-corrected chi connectivity index (χ0v) is 28.7. The molecule has 252 valence electrons. The number of hydrogen-bond acceptors (Lipinski definition) is 5. The molecule has 10 heteroatoms. The third-order valence-corrected chi connectivity index (χ3v) is 9.93. The van der Waals surface area contributed by atoms with Crippen LogP contribution in [0.25, 0.3) is 0 Å². The monoisotopic (exact) mass is 687 g/mol. The number of ether oxygens (including phenoxy) is 1. The number of benzene rings is 4. The highest BCUT2D eigenvalue weighted by Crippen LogP contribution is 2.25. The molecule has 8 nitrogen and oxygen atoms in total. The molecular weight excluding hydrogens is 646 g/mol. The lowest BCUT2D eigenvalue weighted by molar-refractivity contribution is -0.140.